The number of carboxylic acid groups (broad SMARTS) is 1. The van der Waals surface area contributed by atoms with Gasteiger partial charge in [-0.15, -0.1) is 0 Å². The molecular formula is C27H36O4. The highest BCUT2D eigenvalue weighted by atomic mass is 16.5. The summed E-state index contributed by atoms with van der Waals surface area (Å²) in [5, 5.41) is 19.1. The highest BCUT2D eigenvalue weighted by Crippen LogP contribution is 2.38. The molecule has 2 N–H and O–H groups in total. The van der Waals surface area contributed by atoms with Crippen LogP contribution in [0.2, 0.25) is 0 Å². The van der Waals surface area contributed by atoms with Crippen LogP contribution >= 0.6 is 0 Å². The lowest BCUT2D eigenvalue weighted by Gasteiger charge is -2.32. The van der Waals surface area contributed by atoms with Gasteiger partial charge in [-0.05, 0) is 96.9 Å². The van der Waals surface area contributed by atoms with Gasteiger partial charge in [0.2, 0.25) is 0 Å². The fraction of sp³-hybridized carbons (Fsp3) is 0.444. The first kappa shape index (κ1) is 24.5. The summed E-state index contributed by atoms with van der Waals surface area (Å²) in [6.45, 7) is 10.2. The third kappa shape index (κ3) is 7.78. The number of benzene rings is 1. The molecule has 0 aliphatic carbocycles. The fourth-order valence-corrected chi connectivity index (χ4v) is 3.71. The zero-order valence-electron chi connectivity index (χ0n) is 19.5. The Bertz CT molecular complexity index is 913. The molecule has 0 saturated heterocycles. The molecule has 0 spiro atoms. The molecule has 31 heavy (non-hydrogen) atoms. The van der Waals surface area contributed by atoms with Crippen LogP contribution < -0.4 is 4.74 Å². The van der Waals surface area contributed by atoms with Gasteiger partial charge >= 0.3 is 5.97 Å². The SMILES string of the molecule is CC(C)=CCC/C(=C/CCC(C)=CCC[C@@]1(C)C=Cc2cc(O)cc(C)c2O1)C(=O)O. The maximum atomic E-state index is 11.4. The molecule has 0 unspecified atom stereocenters. The minimum Gasteiger partial charge on any atom is -0.508 e. The van der Waals surface area contributed by atoms with Gasteiger partial charge in [0.1, 0.15) is 17.1 Å². The predicted octanol–water partition coefficient (Wildman–Crippen LogP) is 7.13. The third-order valence-corrected chi connectivity index (χ3v) is 5.54. The maximum absolute atomic E-state index is 11.4. The van der Waals surface area contributed by atoms with E-state index in [2.05, 4.69) is 32.1 Å². The normalized spacial score (nSPS) is 18.4. The smallest absolute Gasteiger partial charge is 0.331 e. The highest BCUT2D eigenvalue weighted by molar-refractivity contribution is 5.86. The molecule has 1 aromatic rings. The van der Waals surface area contributed by atoms with E-state index >= 15 is 0 Å². The van der Waals surface area contributed by atoms with Crippen molar-refractivity contribution >= 4 is 12.0 Å². The lowest BCUT2D eigenvalue weighted by molar-refractivity contribution is -0.132. The van der Waals surface area contributed by atoms with Crippen molar-refractivity contribution in [2.45, 2.75) is 78.7 Å². The molecule has 168 valence electrons. The minimum atomic E-state index is -0.818. The Kier molecular flexibility index (Phi) is 8.73. The number of aryl methyl sites for hydroxylation is 1. The average Bonchev–Trinajstić information content (AvgIpc) is 2.67. The summed E-state index contributed by atoms with van der Waals surface area (Å²) in [5.41, 5.74) is 4.43. The van der Waals surface area contributed by atoms with Crippen molar-refractivity contribution in [3.8, 4) is 11.5 Å². The molecule has 4 nitrogen and oxygen atoms in total. The first-order chi connectivity index (χ1) is 14.6. The van der Waals surface area contributed by atoms with Crippen molar-refractivity contribution in [1.82, 2.24) is 0 Å². The zero-order chi connectivity index (χ0) is 23.0. The first-order valence-electron chi connectivity index (χ1n) is 11.0. The van der Waals surface area contributed by atoms with E-state index in [9.17, 15) is 15.0 Å². The molecule has 0 fully saturated rings. The van der Waals surface area contributed by atoms with Gasteiger partial charge in [-0.25, -0.2) is 4.79 Å². The summed E-state index contributed by atoms with van der Waals surface area (Å²) in [6.07, 6.45) is 14.9. The second-order valence-corrected chi connectivity index (χ2v) is 8.91. The van der Waals surface area contributed by atoms with Gasteiger partial charge in [0.05, 0.1) is 0 Å². The molecule has 1 atom stereocenters. The molecule has 4 heteroatoms. The van der Waals surface area contributed by atoms with Crippen LogP contribution in [0.5, 0.6) is 11.5 Å². The van der Waals surface area contributed by atoms with E-state index in [4.69, 9.17) is 4.74 Å². The molecule has 0 saturated carbocycles. The number of carboxylic acids is 1. The monoisotopic (exact) mass is 424 g/mol. The summed E-state index contributed by atoms with van der Waals surface area (Å²) < 4.78 is 6.27. The second-order valence-electron chi connectivity index (χ2n) is 8.91. The largest absolute Gasteiger partial charge is 0.508 e. The molecule has 1 heterocycles. The molecule has 1 aliphatic heterocycles. The summed E-state index contributed by atoms with van der Waals surface area (Å²) in [4.78, 5) is 11.4. The van der Waals surface area contributed by atoms with E-state index in [-0.39, 0.29) is 11.4 Å². The standard InChI is InChI=1S/C27H36O4/c1-19(2)9-6-12-22(26(29)30)13-7-10-20(3)11-8-15-27(5)16-14-23-18-24(28)17-21(4)25(23)31-27/h9,11,13-14,16-18,28H,6-8,10,12,15H2,1-5H3,(H,29,30)/b20-11?,22-13-/t27-/m0/s1. The Labute approximate surface area is 186 Å². The number of hydrogen-bond donors (Lipinski definition) is 2. The molecule has 0 radical (unpaired) electrons. The Hall–Kier alpha value is -2.75. The number of phenolic OH excluding ortho intramolecular Hbond substituents is 1. The summed E-state index contributed by atoms with van der Waals surface area (Å²) in [6, 6.07) is 3.45. The molecule has 2 rings (SSSR count). The van der Waals surface area contributed by atoms with Gasteiger partial charge in [0, 0.05) is 11.1 Å². The van der Waals surface area contributed by atoms with E-state index in [1.54, 1.807) is 12.1 Å². The second kappa shape index (κ2) is 11.0. The summed E-state index contributed by atoms with van der Waals surface area (Å²) >= 11 is 0. The number of allylic oxidation sites excluding steroid dienone is 5. The van der Waals surface area contributed by atoms with E-state index in [1.807, 2.05) is 32.9 Å². The quantitative estimate of drug-likeness (QED) is 0.310. The van der Waals surface area contributed by atoms with Crippen LogP contribution in [0.3, 0.4) is 0 Å². The van der Waals surface area contributed by atoms with Crippen LogP contribution in [0.25, 0.3) is 6.08 Å². The molecular weight excluding hydrogens is 388 g/mol. The summed E-state index contributed by atoms with van der Waals surface area (Å²) in [5.74, 6) is 0.272. The van der Waals surface area contributed by atoms with Crippen LogP contribution in [-0.4, -0.2) is 21.8 Å². The van der Waals surface area contributed by atoms with Crippen molar-refractivity contribution < 1.29 is 19.7 Å². The molecule has 0 aromatic heterocycles. The highest BCUT2D eigenvalue weighted by Gasteiger charge is 2.27. The van der Waals surface area contributed by atoms with Gasteiger partial charge < -0.3 is 14.9 Å². The van der Waals surface area contributed by atoms with Crippen molar-refractivity contribution in [2.24, 2.45) is 0 Å². The van der Waals surface area contributed by atoms with E-state index < -0.39 is 5.97 Å². The van der Waals surface area contributed by atoms with E-state index in [0.717, 1.165) is 49.0 Å². The van der Waals surface area contributed by atoms with Gasteiger partial charge in [-0.2, -0.15) is 0 Å². The zero-order valence-corrected chi connectivity index (χ0v) is 19.5. The van der Waals surface area contributed by atoms with Crippen LogP contribution in [0, 0.1) is 6.92 Å². The number of rotatable bonds is 10. The van der Waals surface area contributed by atoms with Crippen LogP contribution in [0.1, 0.15) is 77.3 Å². The van der Waals surface area contributed by atoms with Crippen LogP contribution in [-0.2, 0) is 4.79 Å². The summed E-state index contributed by atoms with van der Waals surface area (Å²) in [7, 11) is 0. The average molecular weight is 425 g/mol. The van der Waals surface area contributed by atoms with Crippen molar-refractivity contribution in [3.63, 3.8) is 0 Å². The Morgan fingerprint density at radius 3 is 2.45 bits per heavy atom. The molecule has 0 bridgehead atoms. The van der Waals surface area contributed by atoms with Gasteiger partial charge in [0.15, 0.2) is 0 Å². The van der Waals surface area contributed by atoms with Crippen LogP contribution in [0.4, 0.5) is 0 Å². The van der Waals surface area contributed by atoms with Crippen molar-refractivity contribution in [3.05, 3.63) is 64.3 Å². The number of fused-ring (bicyclic) bond motifs is 1. The van der Waals surface area contributed by atoms with Crippen LogP contribution in [0.15, 0.2) is 53.2 Å². The lowest BCUT2D eigenvalue weighted by atomic mass is 9.93. The Morgan fingerprint density at radius 2 is 1.77 bits per heavy atom. The Morgan fingerprint density at radius 1 is 1.06 bits per heavy atom. The van der Waals surface area contributed by atoms with E-state index in [0.29, 0.717) is 12.0 Å². The Balaban J connectivity index is 1.87. The first-order valence-corrected chi connectivity index (χ1v) is 11.0. The van der Waals surface area contributed by atoms with Gasteiger partial charge in [-0.1, -0.05) is 35.5 Å². The fourth-order valence-electron chi connectivity index (χ4n) is 3.71. The van der Waals surface area contributed by atoms with Gasteiger partial charge in [0.25, 0.3) is 0 Å². The molecule has 1 aromatic carbocycles. The molecule has 0 amide bonds. The lowest BCUT2D eigenvalue weighted by Crippen LogP contribution is -2.32. The number of phenols is 1. The maximum Gasteiger partial charge on any atom is 0.331 e. The number of aliphatic carboxylic acids is 1. The molecule has 1 aliphatic rings. The van der Waals surface area contributed by atoms with E-state index in [1.165, 1.54) is 11.1 Å². The predicted molar refractivity (Wildman–Crippen MR) is 128 cm³/mol. The number of aromatic hydroxyl groups is 1. The number of ether oxygens (including phenoxy) is 1. The topological polar surface area (TPSA) is 66.8 Å². The van der Waals surface area contributed by atoms with Crippen molar-refractivity contribution in [1.29, 1.82) is 0 Å². The third-order valence-electron chi connectivity index (χ3n) is 5.54. The number of carbonyl (C=O) groups is 1. The van der Waals surface area contributed by atoms with Crippen molar-refractivity contribution in [2.75, 3.05) is 0 Å². The number of hydrogen-bond acceptors (Lipinski definition) is 3. The van der Waals surface area contributed by atoms with Gasteiger partial charge in [-0.3, -0.25) is 0 Å². The minimum absolute atomic E-state index is 0.253.